The zero-order valence-electron chi connectivity index (χ0n) is 20.5. The van der Waals surface area contributed by atoms with Gasteiger partial charge in [-0.25, -0.2) is 0 Å². The molecule has 1 fully saturated rings. The number of rotatable bonds is 7. The summed E-state index contributed by atoms with van der Waals surface area (Å²) in [6, 6.07) is 19.2. The first-order chi connectivity index (χ1) is 16.9. The third kappa shape index (κ3) is 4.97. The summed E-state index contributed by atoms with van der Waals surface area (Å²) in [5.74, 6) is 2.18. The topological polar surface area (TPSA) is 49.8 Å². The number of benzene rings is 3. The fraction of sp³-hybridized carbons (Fsp3) is 0.300. The predicted molar refractivity (Wildman–Crippen MR) is 143 cm³/mol. The van der Waals surface area contributed by atoms with Crippen molar-refractivity contribution in [1.29, 1.82) is 0 Å². The number of ketones is 1. The number of hydrogen-bond donors (Lipinski definition) is 1. The van der Waals surface area contributed by atoms with Crippen LogP contribution in [0.1, 0.15) is 45.3 Å². The molecule has 1 unspecified atom stereocenters. The van der Waals surface area contributed by atoms with Gasteiger partial charge in [0.05, 0.1) is 0 Å². The molecule has 0 spiro atoms. The fourth-order valence-corrected chi connectivity index (χ4v) is 6.07. The number of phenols is 1. The van der Waals surface area contributed by atoms with Gasteiger partial charge in [0.1, 0.15) is 16.4 Å². The van der Waals surface area contributed by atoms with Crippen molar-refractivity contribution in [3.8, 4) is 17.2 Å². The first kappa shape index (κ1) is 23.6. The van der Waals surface area contributed by atoms with Gasteiger partial charge in [0.15, 0.2) is 5.75 Å². The van der Waals surface area contributed by atoms with E-state index in [1.807, 2.05) is 50.2 Å². The summed E-state index contributed by atoms with van der Waals surface area (Å²) in [6.45, 7) is 9.71. The summed E-state index contributed by atoms with van der Waals surface area (Å²) in [7, 11) is 0. The molecule has 180 valence electrons. The SMILES string of the molecule is Cc1cccc(C)c1C(=O)c1sc2cc(O)ccc2c1Oc1ccc(CCN2CCC(C)C2)cc1. The molecule has 1 N–H and O–H groups in total. The van der Waals surface area contributed by atoms with Crippen LogP contribution in [0.4, 0.5) is 0 Å². The molecule has 1 saturated heterocycles. The maximum Gasteiger partial charge on any atom is 0.207 e. The van der Waals surface area contributed by atoms with Crippen LogP contribution >= 0.6 is 11.3 Å². The molecular weight excluding hydrogens is 454 g/mol. The molecule has 5 heteroatoms. The highest BCUT2D eigenvalue weighted by atomic mass is 32.1. The monoisotopic (exact) mass is 485 g/mol. The third-order valence-corrected chi connectivity index (χ3v) is 8.04. The number of likely N-dealkylation sites (tertiary alicyclic amines) is 1. The van der Waals surface area contributed by atoms with Crippen molar-refractivity contribution in [2.24, 2.45) is 5.92 Å². The Labute approximate surface area is 210 Å². The molecule has 1 aliphatic heterocycles. The summed E-state index contributed by atoms with van der Waals surface area (Å²) in [6.07, 6.45) is 2.31. The van der Waals surface area contributed by atoms with Gasteiger partial charge in [-0.3, -0.25) is 4.79 Å². The van der Waals surface area contributed by atoms with E-state index in [1.54, 1.807) is 12.1 Å². The molecular formula is C30H31NO3S. The Bertz CT molecular complexity index is 1350. The number of thiophene rings is 1. The van der Waals surface area contributed by atoms with Crippen LogP contribution in [0.5, 0.6) is 17.2 Å². The Morgan fingerprint density at radius 2 is 1.83 bits per heavy atom. The average molecular weight is 486 g/mol. The summed E-state index contributed by atoms with van der Waals surface area (Å²) < 4.78 is 7.19. The largest absolute Gasteiger partial charge is 0.508 e. The van der Waals surface area contributed by atoms with Crippen molar-refractivity contribution in [1.82, 2.24) is 4.90 Å². The number of aromatic hydroxyl groups is 1. The van der Waals surface area contributed by atoms with Gasteiger partial charge in [0.2, 0.25) is 5.78 Å². The van der Waals surface area contributed by atoms with Crippen LogP contribution in [-0.2, 0) is 6.42 Å². The standard InChI is InChI=1S/C30H31NO3S/c1-19-13-15-31(18-19)16-14-22-7-10-24(11-8-22)34-29-25-12-9-23(32)17-26(25)35-30(29)28(33)27-20(2)5-4-6-21(27)3/h4-12,17,19,32H,13-16,18H2,1-3H3. The van der Waals surface area contributed by atoms with E-state index in [1.165, 1.54) is 36.4 Å². The highest BCUT2D eigenvalue weighted by Crippen LogP contribution is 2.43. The minimum absolute atomic E-state index is 0.0484. The van der Waals surface area contributed by atoms with E-state index < -0.39 is 0 Å². The van der Waals surface area contributed by atoms with Gasteiger partial charge < -0.3 is 14.7 Å². The molecule has 0 aliphatic carbocycles. The van der Waals surface area contributed by atoms with Gasteiger partial charge in [-0.15, -0.1) is 11.3 Å². The lowest BCUT2D eigenvalue weighted by molar-refractivity contribution is 0.103. The smallest absolute Gasteiger partial charge is 0.207 e. The van der Waals surface area contributed by atoms with Crippen LogP contribution in [0.3, 0.4) is 0 Å². The van der Waals surface area contributed by atoms with Crippen LogP contribution in [0.15, 0.2) is 60.7 Å². The number of carbonyl (C=O) groups excluding carboxylic acids is 1. The first-order valence-corrected chi connectivity index (χ1v) is 13.1. The van der Waals surface area contributed by atoms with E-state index in [-0.39, 0.29) is 11.5 Å². The summed E-state index contributed by atoms with van der Waals surface area (Å²) in [5, 5.41) is 10.8. The van der Waals surface area contributed by atoms with Gasteiger partial charge in [0.25, 0.3) is 0 Å². The van der Waals surface area contributed by atoms with E-state index >= 15 is 0 Å². The van der Waals surface area contributed by atoms with Crippen molar-refractivity contribution in [3.05, 3.63) is 87.8 Å². The van der Waals surface area contributed by atoms with E-state index in [4.69, 9.17) is 4.74 Å². The van der Waals surface area contributed by atoms with E-state index in [0.717, 1.165) is 40.1 Å². The van der Waals surface area contributed by atoms with Crippen LogP contribution in [0.2, 0.25) is 0 Å². The number of carbonyl (C=O) groups is 1. The number of ether oxygens (including phenoxy) is 1. The molecule has 0 radical (unpaired) electrons. The number of hydrogen-bond acceptors (Lipinski definition) is 5. The average Bonchev–Trinajstić information content (AvgIpc) is 3.41. The third-order valence-electron chi connectivity index (χ3n) is 6.91. The molecule has 0 amide bonds. The van der Waals surface area contributed by atoms with Gasteiger partial charge in [-0.2, -0.15) is 0 Å². The van der Waals surface area contributed by atoms with E-state index in [9.17, 15) is 9.90 Å². The molecule has 5 rings (SSSR count). The second-order valence-corrected chi connectivity index (χ2v) is 10.8. The lowest BCUT2D eigenvalue weighted by atomic mass is 9.98. The minimum atomic E-state index is -0.0484. The van der Waals surface area contributed by atoms with E-state index in [2.05, 4.69) is 24.0 Å². The second kappa shape index (κ2) is 9.84. The zero-order chi connectivity index (χ0) is 24.5. The molecule has 1 aliphatic rings. The molecule has 35 heavy (non-hydrogen) atoms. The highest BCUT2D eigenvalue weighted by Gasteiger charge is 2.24. The van der Waals surface area contributed by atoms with Gasteiger partial charge in [-0.1, -0.05) is 37.3 Å². The molecule has 4 aromatic rings. The fourth-order valence-electron chi connectivity index (χ4n) is 4.96. The summed E-state index contributed by atoms with van der Waals surface area (Å²) >= 11 is 1.36. The van der Waals surface area contributed by atoms with Crippen molar-refractivity contribution in [2.75, 3.05) is 19.6 Å². The van der Waals surface area contributed by atoms with Crippen LogP contribution in [0.25, 0.3) is 10.1 Å². The minimum Gasteiger partial charge on any atom is -0.508 e. The van der Waals surface area contributed by atoms with Crippen molar-refractivity contribution in [3.63, 3.8) is 0 Å². The molecule has 1 aromatic heterocycles. The van der Waals surface area contributed by atoms with Crippen LogP contribution < -0.4 is 4.74 Å². The number of aryl methyl sites for hydroxylation is 2. The molecule has 0 saturated carbocycles. The van der Waals surface area contributed by atoms with Gasteiger partial charge in [0, 0.05) is 28.7 Å². The van der Waals surface area contributed by atoms with Gasteiger partial charge in [-0.05, 0) is 86.2 Å². The number of phenolic OH excluding ortho intramolecular Hbond substituents is 1. The second-order valence-electron chi connectivity index (χ2n) is 9.73. The molecule has 2 heterocycles. The predicted octanol–water partition coefficient (Wildman–Crippen LogP) is 7.13. The van der Waals surface area contributed by atoms with Gasteiger partial charge >= 0.3 is 0 Å². The van der Waals surface area contributed by atoms with Crippen LogP contribution in [0, 0.1) is 19.8 Å². The summed E-state index contributed by atoms with van der Waals surface area (Å²) in [5.41, 5.74) is 3.87. The summed E-state index contributed by atoms with van der Waals surface area (Å²) in [4.78, 5) is 16.8. The first-order valence-electron chi connectivity index (χ1n) is 12.2. The Hall–Kier alpha value is -3.15. The quantitative estimate of drug-likeness (QED) is 0.283. The zero-order valence-corrected chi connectivity index (χ0v) is 21.3. The van der Waals surface area contributed by atoms with Crippen molar-refractivity contribution < 1.29 is 14.6 Å². The molecule has 1 atom stereocenters. The molecule has 3 aromatic carbocycles. The van der Waals surface area contributed by atoms with Crippen LogP contribution in [-0.4, -0.2) is 35.4 Å². The highest BCUT2D eigenvalue weighted by molar-refractivity contribution is 7.21. The van der Waals surface area contributed by atoms with Crippen molar-refractivity contribution in [2.45, 2.75) is 33.6 Å². The Morgan fingerprint density at radius 3 is 2.51 bits per heavy atom. The Balaban J connectivity index is 1.43. The Kier molecular flexibility index (Phi) is 6.63. The molecule has 0 bridgehead atoms. The van der Waals surface area contributed by atoms with E-state index in [0.29, 0.717) is 21.9 Å². The van der Waals surface area contributed by atoms with Crippen molar-refractivity contribution >= 4 is 27.2 Å². The maximum absolute atomic E-state index is 13.7. The number of nitrogens with zero attached hydrogens (tertiary/aromatic N) is 1. The lowest BCUT2D eigenvalue weighted by Crippen LogP contribution is -2.22. The normalized spacial score (nSPS) is 16.1. The number of fused-ring (bicyclic) bond motifs is 1. The Morgan fingerprint density at radius 1 is 1.09 bits per heavy atom. The maximum atomic E-state index is 13.7. The molecule has 4 nitrogen and oxygen atoms in total. The lowest BCUT2D eigenvalue weighted by Gasteiger charge is -2.15.